The smallest absolute Gasteiger partial charge is 0.223 e. The molecule has 1 aliphatic rings. The van der Waals surface area contributed by atoms with Crippen LogP contribution >= 0.6 is 0 Å². The van der Waals surface area contributed by atoms with Crippen molar-refractivity contribution in [3.8, 4) is 5.75 Å². The zero-order chi connectivity index (χ0) is 18.5. The molecule has 0 spiro atoms. The van der Waals surface area contributed by atoms with Gasteiger partial charge in [0.25, 0.3) is 0 Å². The van der Waals surface area contributed by atoms with Crippen LogP contribution in [0.5, 0.6) is 5.75 Å². The number of carbonyl (C=O) groups excluding carboxylic acids is 1. The first-order chi connectivity index (χ1) is 12.5. The summed E-state index contributed by atoms with van der Waals surface area (Å²) in [5, 5.41) is 0. The summed E-state index contributed by atoms with van der Waals surface area (Å²) < 4.78 is 19.1. The Hall–Kier alpha value is -2.36. The van der Waals surface area contributed by atoms with E-state index in [0.717, 1.165) is 42.8 Å². The minimum Gasteiger partial charge on any atom is -0.491 e. The minimum absolute atomic E-state index is 0.0863. The van der Waals surface area contributed by atoms with E-state index in [1.807, 2.05) is 43.0 Å². The van der Waals surface area contributed by atoms with E-state index in [0.29, 0.717) is 6.42 Å². The van der Waals surface area contributed by atoms with Crippen molar-refractivity contribution in [3.05, 3.63) is 65.5 Å². The monoisotopic (exact) mass is 355 g/mol. The third-order valence-corrected chi connectivity index (χ3v) is 4.76. The maximum absolute atomic E-state index is 13.3. The van der Waals surface area contributed by atoms with Crippen LogP contribution < -0.4 is 4.74 Å². The Morgan fingerprint density at radius 3 is 2.08 bits per heavy atom. The summed E-state index contributed by atoms with van der Waals surface area (Å²) in [5.41, 5.74) is 2.00. The highest BCUT2D eigenvalue weighted by Crippen LogP contribution is 2.31. The van der Waals surface area contributed by atoms with Gasteiger partial charge in [-0.05, 0) is 62.1 Å². The maximum atomic E-state index is 13.3. The van der Waals surface area contributed by atoms with Crippen molar-refractivity contribution >= 4 is 5.91 Å². The Balaban J connectivity index is 1.84. The van der Waals surface area contributed by atoms with Crippen molar-refractivity contribution in [3.63, 3.8) is 0 Å². The van der Waals surface area contributed by atoms with Crippen LogP contribution in [0.2, 0.25) is 0 Å². The van der Waals surface area contributed by atoms with E-state index in [4.69, 9.17) is 4.74 Å². The van der Waals surface area contributed by atoms with Gasteiger partial charge in [-0.3, -0.25) is 4.79 Å². The molecule has 0 aromatic heterocycles. The van der Waals surface area contributed by atoms with Gasteiger partial charge in [-0.15, -0.1) is 0 Å². The molecule has 0 bridgehead atoms. The average molecular weight is 355 g/mol. The molecular formula is C22H26FNO2. The van der Waals surface area contributed by atoms with Crippen molar-refractivity contribution in [1.82, 2.24) is 4.90 Å². The molecule has 1 saturated heterocycles. The van der Waals surface area contributed by atoms with Gasteiger partial charge in [0.2, 0.25) is 5.91 Å². The number of ether oxygens (including phenoxy) is 1. The molecule has 138 valence electrons. The lowest BCUT2D eigenvalue weighted by atomic mass is 9.88. The lowest BCUT2D eigenvalue weighted by Gasteiger charge is -2.22. The van der Waals surface area contributed by atoms with Gasteiger partial charge < -0.3 is 9.64 Å². The molecule has 0 saturated carbocycles. The fourth-order valence-corrected chi connectivity index (χ4v) is 3.44. The first-order valence-electron chi connectivity index (χ1n) is 9.33. The van der Waals surface area contributed by atoms with Gasteiger partial charge >= 0.3 is 0 Å². The largest absolute Gasteiger partial charge is 0.491 e. The predicted octanol–water partition coefficient (Wildman–Crippen LogP) is 4.76. The molecule has 3 rings (SSSR count). The van der Waals surface area contributed by atoms with Crippen molar-refractivity contribution < 1.29 is 13.9 Å². The Morgan fingerprint density at radius 2 is 1.54 bits per heavy atom. The molecule has 2 aromatic carbocycles. The van der Waals surface area contributed by atoms with E-state index in [1.165, 1.54) is 12.1 Å². The van der Waals surface area contributed by atoms with E-state index >= 15 is 0 Å². The first-order valence-corrected chi connectivity index (χ1v) is 9.33. The summed E-state index contributed by atoms with van der Waals surface area (Å²) in [6.45, 7) is 5.67. The highest BCUT2D eigenvalue weighted by molar-refractivity contribution is 5.78. The number of nitrogens with zero attached hydrogens (tertiary/aromatic N) is 1. The lowest BCUT2D eigenvalue weighted by molar-refractivity contribution is -0.130. The number of carbonyl (C=O) groups is 1. The fourth-order valence-electron chi connectivity index (χ4n) is 3.44. The van der Waals surface area contributed by atoms with Crippen molar-refractivity contribution in [1.29, 1.82) is 0 Å². The quantitative estimate of drug-likeness (QED) is 0.748. The van der Waals surface area contributed by atoms with Crippen LogP contribution in [0.15, 0.2) is 48.5 Å². The van der Waals surface area contributed by atoms with Crippen LogP contribution in [0.1, 0.15) is 50.2 Å². The van der Waals surface area contributed by atoms with Crippen LogP contribution in [-0.4, -0.2) is 30.0 Å². The number of likely N-dealkylation sites (tertiary alicyclic amines) is 1. The second kappa shape index (κ2) is 8.35. The predicted molar refractivity (Wildman–Crippen MR) is 101 cm³/mol. The second-order valence-electron chi connectivity index (χ2n) is 7.13. The van der Waals surface area contributed by atoms with Crippen LogP contribution in [0.4, 0.5) is 4.39 Å². The fraction of sp³-hybridized carbons (Fsp3) is 0.409. The number of hydrogen-bond acceptors (Lipinski definition) is 2. The van der Waals surface area contributed by atoms with Crippen molar-refractivity contribution in [2.75, 3.05) is 13.1 Å². The number of benzene rings is 2. The Labute approximate surface area is 154 Å². The number of amides is 1. The molecule has 26 heavy (non-hydrogen) atoms. The van der Waals surface area contributed by atoms with Crippen molar-refractivity contribution in [2.45, 2.75) is 45.1 Å². The molecule has 1 atom stereocenters. The number of rotatable bonds is 6. The van der Waals surface area contributed by atoms with E-state index < -0.39 is 0 Å². The van der Waals surface area contributed by atoms with Gasteiger partial charge in [0.1, 0.15) is 11.6 Å². The lowest BCUT2D eigenvalue weighted by Crippen LogP contribution is -2.29. The van der Waals surface area contributed by atoms with Crippen molar-refractivity contribution in [2.24, 2.45) is 0 Å². The van der Waals surface area contributed by atoms with E-state index in [2.05, 4.69) is 0 Å². The normalized spacial score (nSPS) is 15.3. The second-order valence-corrected chi connectivity index (χ2v) is 7.13. The van der Waals surface area contributed by atoms with E-state index in [1.54, 1.807) is 12.1 Å². The van der Waals surface area contributed by atoms with E-state index in [9.17, 15) is 9.18 Å². The number of hydrogen-bond donors (Lipinski definition) is 0. The van der Waals surface area contributed by atoms with Gasteiger partial charge in [0.15, 0.2) is 0 Å². The topological polar surface area (TPSA) is 29.5 Å². The zero-order valence-corrected chi connectivity index (χ0v) is 15.5. The molecule has 0 unspecified atom stereocenters. The van der Waals surface area contributed by atoms with Gasteiger partial charge in [-0.25, -0.2) is 4.39 Å². The molecule has 1 heterocycles. The highest BCUT2D eigenvalue weighted by Gasteiger charge is 2.24. The summed E-state index contributed by atoms with van der Waals surface area (Å²) in [5.74, 6) is 0.627. The Kier molecular flexibility index (Phi) is 5.92. The molecule has 1 amide bonds. The summed E-state index contributed by atoms with van der Waals surface area (Å²) in [6.07, 6.45) is 2.67. The van der Waals surface area contributed by atoms with Gasteiger partial charge in [-0.2, -0.15) is 0 Å². The molecule has 4 heteroatoms. The molecule has 2 aromatic rings. The summed E-state index contributed by atoms with van der Waals surface area (Å²) in [7, 11) is 0. The van der Waals surface area contributed by atoms with Gasteiger partial charge in [0, 0.05) is 25.4 Å². The standard InChI is InChI=1S/C22H26FNO2/c1-16(2)26-20-11-7-18(8-12-20)21(17-5-9-19(23)10-6-17)15-22(25)24-13-3-4-14-24/h5-12,16,21H,3-4,13-15H2,1-2H3/t21-/m1/s1. The SMILES string of the molecule is CC(C)Oc1ccc([C@H](CC(=O)N2CCCC2)c2ccc(F)cc2)cc1. The third kappa shape index (κ3) is 4.63. The van der Waals surface area contributed by atoms with Gasteiger partial charge in [0.05, 0.1) is 6.10 Å². The van der Waals surface area contributed by atoms with Crippen LogP contribution in [0.25, 0.3) is 0 Å². The highest BCUT2D eigenvalue weighted by atomic mass is 19.1. The Morgan fingerprint density at radius 1 is 1.00 bits per heavy atom. The van der Waals surface area contributed by atoms with Crippen LogP contribution in [0, 0.1) is 5.82 Å². The summed E-state index contributed by atoms with van der Waals surface area (Å²) in [4.78, 5) is 14.6. The minimum atomic E-state index is -0.265. The first kappa shape index (κ1) is 18.4. The Bertz CT molecular complexity index is 719. The zero-order valence-electron chi connectivity index (χ0n) is 15.5. The summed E-state index contributed by atoms with van der Waals surface area (Å²) >= 11 is 0. The maximum Gasteiger partial charge on any atom is 0.223 e. The van der Waals surface area contributed by atoms with Gasteiger partial charge in [-0.1, -0.05) is 24.3 Å². The summed E-state index contributed by atoms with van der Waals surface area (Å²) in [6, 6.07) is 14.3. The average Bonchev–Trinajstić information content (AvgIpc) is 3.16. The molecular weight excluding hydrogens is 329 g/mol. The molecule has 1 aliphatic heterocycles. The molecule has 0 aliphatic carbocycles. The number of halogens is 1. The molecule has 1 fully saturated rings. The molecule has 0 N–H and O–H groups in total. The van der Waals surface area contributed by atoms with Crippen LogP contribution in [0.3, 0.4) is 0 Å². The molecule has 0 radical (unpaired) electrons. The van der Waals surface area contributed by atoms with E-state index in [-0.39, 0.29) is 23.7 Å². The molecule has 3 nitrogen and oxygen atoms in total. The van der Waals surface area contributed by atoms with Crippen LogP contribution in [-0.2, 0) is 4.79 Å². The third-order valence-electron chi connectivity index (χ3n) is 4.76.